The number of amides is 2. The predicted octanol–water partition coefficient (Wildman–Crippen LogP) is 3.63. The number of halogens is 1. The number of hydrogen-bond donors (Lipinski definition) is 1. The lowest BCUT2D eigenvalue weighted by atomic mass is 9.96. The number of ether oxygens (including phenoxy) is 1. The summed E-state index contributed by atoms with van der Waals surface area (Å²) < 4.78 is 18.8. The molecule has 1 aliphatic rings. The average molecular weight is 390 g/mol. The van der Waals surface area contributed by atoms with Gasteiger partial charge in [0.15, 0.2) is 11.6 Å². The summed E-state index contributed by atoms with van der Waals surface area (Å²) in [6, 6.07) is 7.98. The van der Waals surface area contributed by atoms with Crippen LogP contribution in [0.4, 0.5) is 4.39 Å². The van der Waals surface area contributed by atoms with Crippen LogP contribution < -0.4 is 10.1 Å². The van der Waals surface area contributed by atoms with Crippen molar-refractivity contribution in [1.82, 2.24) is 10.2 Å². The Labute approximate surface area is 162 Å². The number of benzene rings is 1. The van der Waals surface area contributed by atoms with Gasteiger partial charge in [-0.15, -0.1) is 11.3 Å². The Bertz CT molecular complexity index is 810. The van der Waals surface area contributed by atoms with Crippen LogP contribution in [0.3, 0.4) is 0 Å². The average Bonchev–Trinajstić information content (AvgIpc) is 3.22. The molecule has 27 heavy (non-hydrogen) atoms. The van der Waals surface area contributed by atoms with Gasteiger partial charge in [-0.1, -0.05) is 12.1 Å². The molecule has 0 radical (unpaired) electrons. The normalized spacial score (nSPS) is 18.0. The third kappa shape index (κ3) is 4.47. The van der Waals surface area contributed by atoms with Crippen LogP contribution in [0.25, 0.3) is 0 Å². The molecule has 1 saturated heterocycles. The molecule has 1 aliphatic heterocycles. The van der Waals surface area contributed by atoms with Crippen molar-refractivity contribution in [1.29, 1.82) is 0 Å². The molecule has 2 aromatic rings. The van der Waals surface area contributed by atoms with Crippen molar-refractivity contribution < 1.29 is 18.7 Å². The molecule has 0 bridgehead atoms. The van der Waals surface area contributed by atoms with Crippen LogP contribution in [0.1, 0.15) is 41.0 Å². The van der Waals surface area contributed by atoms with E-state index in [-0.39, 0.29) is 29.5 Å². The summed E-state index contributed by atoms with van der Waals surface area (Å²) in [6.45, 7) is 2.89. The second-order valence-corrected chi connectivity index (χ2v) is 7.64. The van der Waals surface area contributed by atoms with E-state index in [0.29, 0.717) is 23.5 Å². The first-order chi connectivity index (χ1) is 13.0. The third-order valence-corrected chi connectivity index (χ3v) is 5.70. The third-order valence-electron chi connectivity index (χ3n) is 4.85. The van der Waals surface area contributed by atoms with E-state index in [2.05, 4.69) is 5.32 Å². The molecule has 1 aromatic heterocycles. The molecule has 5 nitrogen and oxygen atoms in total. The van der Waals surface area contributed by atoms with E-state index < -0.39 is 5.82 Å². The zero-order chi connectivity index (χ0) is 19.4. The first kappa shape index (κ1) is 19.4. The van der Waals surface area contributed by atoms with E-state index in [1.165, 1.54) is 24.5 Å². The van der Waals surface area contributed by atoms with Gasteiger partial charge in [0.05, 0.1) is 23.9 Å². The Kier molecular flexibility index (Phi) is 6.11. The Morgan fingerprint density at radius 2 is 2.19 bits per heavy atom. The van der Waals surface area contributed by atoms with Crippen LogP contribution in [0.5, 0.6) is 5.75 Å². The summed E-state index contributed by atoms with van der Waals surface area (Å²) in [4.78, 5) is 27.6. The van der Waals surface area contributed by atoms with Crippen molar-refractivity contribution in [3.8, 4) is 5.75 Å². The van der Waals surface area contributed by atoms with Crippen molar-refractivity contribution in [2.24, 2.45) is 5.92 Å². The largest absolute Gasteiger partial charge is 0.494 e. The smallest absolute Gasteiger partial charge is 0.263 e. The van der Waals surface area contributed by atoms with E-state index in [1.54, 1.807) is 23.1 Å². The van der Waals surface area contributed by atoms with Gasteiger partial charge < -0.3 is 15.0 Å². The molecule has 1 aromatic carbocycles. The molecule has 0 spiro atoms. The van der Waals surface area contributed by atoms with Crippen LogP contribution in [0.2, 0.25) is 0 Å². The number of methoxy groups -OCH3 is 1. The number of hydrogen-bond acceptors (Lipinski definition) is 4. The lowest BCUT2D eigenvalue weighted by Gasteiger charge is -2.32. The summed E-state index contributed by atoms with van der Waals surface area (Å²) in [5.74, 6) is -0.669. The summed E-state index contributed by atoms with van der Waals surface area (Å²) in [6.07, 6.45) is 1.53. The Morgan fingerprint density at radius 1 is 1.37 bits per heavy atom. The molecule has 0 unspecified atom stereocenters. The number of rotatable bonds is 5. The van der Waals surface area contributed by atoms with Gasteiger partial charge in [0.25, 0.3) is 5.91 Å². The van der Waals surface area contributed by atoms with Crippen molar-refractivity contribution in [3.05, 3.63) is 52.0 Å². The summed E-state index contributed by atoms with van der Waals surface area (Å²) in [5, 5.41) is 4.82. The van der Waals surface area contributed by atoms with Crippen LogP contribution in [0.15, 0.2) is 35.7 Å². The second-order valence-electron chi connectivity index (χ2n) is 6.69. The predicted molar refractivity (Wildman–Crippen MR) is 102 cm³/mol. The maximum absolute atomic E-state index is 13.9. The molecule has 144 valence electrons. The van der Waals surface area contributed by atoms with Crippen LogP contribution in [0, 0.1) is 11.7 Å². The van der Waals surface area contributed by atoms with Crippen LogP contribution >= 0.6 is 11.3 Å². The SMILES string of the molecule is COc1ccc([C@@H](C)NC(=O)[C@@H]2CCCN(C(=O)c3cccs3)C2)cc1F. The highest BCUT2D eigenvalue weighted by molar-refractivity contribution is 7.12. The summed E-state index contributed by atoms with van der Waals surface area (Å²) >= 11 is 1.41. The van der Waals surface area contributed by atoms with Gasteiger partial charge in [-0.3, -0.25) is 9.59 Å². The molecule has 3 rings (SSSR count). The van der Waals surface area contributed by atoms with E-state index >= 15 is 0 Å². The highest BCUT2D eigenvalue weighted by atomic mass is 32.1. The number of likely N-dealkylation sites (tertiary alicyclic amines) is 1. The highest BCUT2D eigenvalue weighted by Gasteiger charge is 2.30. The van der Waals surface area contributed by atoms with Crippen LogP contribution in [-0.2, 0) is 4.79 Å². The zero-order valence-corrected chi connectivity index (χ0v) is 16.2. The minimum Gasteiger partial charge on any atom is -0.494 e. The molecule has 0 saturated carbocycles. The molecular weight excluding hydrogens is 367 g/mol. The molecule has 2 heterocycles. The molecule has 2 atom stereocenters. The van der Waals surface area contributed by atoms with Crippen molar-refractivity contribution >= 4 is 23.2 Å². The van der Waals surface area contributed by atoms with Crippen molar-refractivity contribution in [3.63, 3.8) is 0 Å². The lowest BCUT2D eigenvalue weighted by molar-refractivity contribution is -0.127. The standard InChI is InChI=1S/C20H23FN2O3S/c1-13(14-7-8-17(26-2)16(21)11-14)22-19(24)15-5-3-9-23(12-15)20(25)18-6-4-10-27-18/h4,6-8,10-11,13,15H,3,5,9,12H2,1-2H3,(H,22,24)/t13-,15-/m1/s1. The molecule has 0 aliphatic carbocycles. The monoisotopic (exact) mass is 390 g/mol. The van der Waals surface area contributed by atoms with E-state index in [9.17, 15) is 14.0 Å². The highest BCUT2D eigenvalue weighted by Crippen LogP contribution is 2.24. The number of carbonyl (C=O) groups is 2. The summed E-state index contributed by atoms with van der Waals surface area (Å²) in [5.41, 5.74) is 0.670. The van der Waals surface area contributed by atoms with E-state index in [4.69, 9.17) is 4.74 Å². The van der Waals surface area contributed by atoms with Crippen molar-refractivity contribution in [2.75, 3.05) is 20.2 Å². The first-order valence-electron chi connectivity index (χ1n) is 8.96. The quantitative estimate of drug-likeness (QED) is 0.848. The van der Waals surface area contributed by atoms with Gasteiger partial charge in [0.2, 0.25) is 5.91 Å². The number of thiophene rings is 1. The fourth-order valence-electron chi connectivity index (χ4n) is 3.30. The van der Waals surface area contributed by atoms with Gasteiger partial charge in [-0.05, 0) is 48.9 Å². The Balaban J connectivity index is 1.61. The van der Waals surface area contributed by atoms with Crippen molar-refractivity contribution in [2.45, 2.75) is 25.8 Å². The lowest BCUT2D eigenvalue weighted by Crippen LogP contribution is -2.45. The number of nitrogens with one attached hydrogen (secondary N) is 1. The minimum atomic E-state index is -0.457. The number of carbonyl (C=O) groups excluding carboxylic acids is 2. The fraction of sp³-hybridized carbons (Fsp3) is 0.400. The molecule has 1 N–H and O–H groups in total. The zero-order valence-electron chi connectivity index (χ0n) is 15.4. The Morgan fingerprint density at radius 3 is 2.85 bits per heavy atom. The van der Waals surface area contributed by atoms with Gasteiger partial charge >= 0.3 is 0 Å². The second kappa shape index (κ2) is 8.52. The van der Waals surface area contributed by atoms with Crippen LogP contribution in [-0.4, -0.2) is 36.9 Å². The van der Waals surface area contributed by atoms with Gasteiger partial charge in [0, 0.05) is 13.1 Å². The van der Waals surface area contributed by atoms with Gasteiger partial charge in [-0.25, -0.2) is 4.39 Å². The fourth-order valence-corrected chi connectivity index (χ4v) is 3.99. The minimum absolute atomic E-state index is 0.0206. The molecule has 1 fully saturated rings. The first-order valence-corrected chi connectivity index (χ1v) is 9.84. The van der Waals surface area contributed by atoms with Gasteiger partial charge in [-0.2, -0.15) is 0 Å². The van der Waals surface area contributed by atoms with E-state index in [1.807, 2.05) is 18.4 Å². The Hall–Kier alpha value is -2.41. The molecular formula is C20H23FN2O3S. The number of piperidine rings is 1. The molecule has 7 heteroatoms. The molecule has 2 amide bonds. The van der Waals surface area contributed by atoms with Gasteiger partial charge in [0.1, 0.15) is 0 Å². The maximum atomic E-state index is 13.9. The summed E-state index contributed by atoms with van der Waals surface area (Å²) in [7, 11) is 1.41. The number of nitrogens with zero attached hydrogens (tertiary/aromatic N) is 1. The maximum Gasteiger partial charge on any atom is 0.263 e. The topological polar surface area (TPSA) is 58.6 Å². The van der Waals surface area contributed by atoms with E-state index in [0.717, 1.165) is 12.8 Å².